The van der Waals surface area contributed by atoms with E-state index in [2.05, 4.69) is 5.32 Å². The minimum Gasteiger partial charge on any atom is -0.496 e. The van der Waals surface area contributed by atoms with E-state index in [0.29, 0.717) is 5.75 Å². The SMILES string of the molecule is COc1cc(C)cc(F)c1C1CNC(=O)O1. The van der Waals surface area contributed by atoms with Crippen molar-refractivity contribution in [2.24, 2.45) is 0 Å². The van der Waals surface area contributed by atoms with Crippen LogP contribution in [0, 0.1) is 12.7 Å². The molecule has 16 heavy (non-hydrogen) atoms. The van der Waals surface area contributed by atoms with Crippen LogP contribution in [0.25, 0.3) is 0 Å². The molecular formula is C11H12FNO3. The minimum atomic E-state index is -0.622. The molecule has 0 aromatic heterocycles. The van der Waals surface area contributed by atoms with Gasteiger partial charge in [0.15, 0.2) is 6.10 Å². The van der Waals surface area contributed by atoms with Gasteiger partial charge in [0.25, 0.3) is 0 Å². The van der Waals surface area contributed by atoms with Crippen molar-refractivity contribution in [2.45, 2.75) is 13.0 Å². The largest absolute Gasteiger partial charge is 0.496 e. The smallest absolute Gasteiger partial charge is 0.407 e. The second kappa shape index (κ2) is 4.00. The Labute approximate surface area is 92.4 Å². The molecular weight excluding hydrogens is 213 g/mol. The Bertz CT molecular complexity index is 433. The summed E-state index contributed by atoms with van der Waals surface area (Å²) in [6, 6.07) is 3.11. The number of benzene rings is 1. The lowest BCUT2D eigenvalue weighted by molar-refractivity contribution is 0.137. The van der Waals surface area contributed by atoms with Crippen LogP contribution in [-0.4, -0.2) is 19.7 Å². The average molecular weight is 225 g/mol. The zero-order valence-electron chi connectivity index (χ0n) is 9.04. The molecule has 0 spiro atoms. The average Bonchev–Trinajstić information content (AvgIpc) is 2.63. The molecule has 0 saturated carbocycles. The first-order valence-electron chi connectivity index (χ1n) is 4.90. The van der Waals surface area contributed by atoms with Gasteiger partial charge >= 0.3 is 6.09 Å². The first-order chi connectivity index (χ1) is 7.61. The van der Waals surface area contributed by atoms with Gasteiger partial charge in [-0.05, 0) is 24.6 Å². The number of cyclic esters (lactones) is 1. The number of methoxy groups -OCH3 is 1. The van der Waals surface area contributed by atoms with Gasteiger partial charge in [-0.25, -0.2) is 9.18 Å². The highest BCUT2D eigenvalue weighted by molar-refractivity contribution is 5.70. The zero-order valence-corrected chi connectivity index (χ0v) is 9.04. The number of amides is 1. The van der Waals surface area contributed by atoms with Gasteiger partial charge < -0.3 is 14.8 Å². The van der Waals surface area contributed by atoms with Gasteiger partial charge in [-0.3, -0.25) is 0 Å². The number of alkyl carbamates (subject to hydrolysis) is 1. The molecule has 1 unspecified atom stereocenters. The van der Waals surface area contributed by atoms with E-state index >= 15 is 0 Å². The quantitative estimate of drug-likeness (QED) is 0.836. The molecule has 1 atom stereocenters. The van der Waals surface area contributed by atoms with Gasteiger partial charge in [-0.15, -0.1) is 0 Å². The van der Waals surface area contributed by atoms with Gasteiger partial charge in [-0.1, -0.05) is 0 Å². The van der Waals surface area contributed by atoms with Gasteiger partial charge in [-0.2, -0.15) is 0 Å². The van der Waals surface area contributed by atoms with E-state index in [1.807, 2.05) is 0 Å². The van der Waals surface area contributed by atoms with Gasteiger partial charge in [0.05, 0.1) is 19.2 Å². The van der Waals surface area contributed by atoms with E-state index in [9.17, 15) is 9.18 Å². The van der Waals surface area contributed by atoms with E-state index < -0.39 is 18.0 Å². The molecule has 5 heteroatoms. The molecule has 1 heterocycles. The monoisotopic (exact) mass is 225 g/mol. The van der Waals surface area contributed by atoms with Crippen molar-refractivity contribution >= 4 is 6.09 Å². The van der Waals surface area contributed by atoms with Crippen LogP contribution >= 0.6 is 0 Å². The number of nitrogens with one attached hydrogen (secondary N) is 1. The number of hydrogen-bond donors (Lipinski definition) is 1. The molecule has 0 bridgehead atoms. The Kier molecular flexibility index (Phi) is 2.68. The van der Waals surface area contributed by atoms with Crippen molar-refractivity contribution < 1.29 is 18.7 Å². The summed E-state index contributed by atoms with van der Waals surface area (Å²) in [5, 5.41) is 2.48. The number of carbonyl (C=O) groups is 1. The van der Waals surface area contributed by atoms with Crippen LogP contribution in [-0.2, 0) is 4.74 Å². The highest BCUT2D eigenvalue weighted by Crippen LogP contribution is 2.32. The lowest BCUT2D eigenvalue weighted by Crippen LogP contribution is -2.13. The fourth-order valence-electron chi connectivity index (χ4n) is 1.75. The molecule has 1 aromatic rings. The van der Waals surface area contributed by atoms with Gasteiger partial charge in [0.1, 0.15) is 11.6 Å². The zero-order chi connectivity index (χ0) is 11.7. The maximum absolute atomic E-state index is 13.8. The maximum Gasteiger partial charge on any atom is 0.407 e. The summed E-state index contributed by atoms with van der Waals surface area (Å²) in [7, 11) is 1.46. The van der Waals surface area contributed by atoms with Crippen LogP contribution in [0.4, 0.5) is 9.18 Å². The lowest BCUT2D eigenvalue weighted by Gasteiger charge is -2.14. The molecule has 1 fully saturated rings. The molecule has 2 rings (SSSR count). The Hall–Kier alpha value is -1.78. The van der Waals surface area contributed by atoms with E-state index in [1.165, 1.54) is 13.2 Å². The molecule has 1 saturated heterocycles. The summed E-state index contributed by atoms with van der Waals surface area (Å²) in [5.74, 6) is -0.0163. The molecule has 1 amide bonds. The first-order valence-corrected chi connectivity index (χ1v) is 4.90. The Morgan fingerprint density at radius 1 is 1.56 bits per heavy atom. The number of ether oxygens (including phenoxy) is 2. The van der Waals surface area contributed by atoms with Crippen molar-refractivity contribution in [3.63, 3.8) is 0 Å². The molecule has 86 valence electrons. The molecule has 0 aliphatic carbocycles. The van der Waals surface area contributed by atoms with Crippen LogP contribution in [0.15, 0.2) is 12.1 Å². The van der Waals surface area contributed by atoms with E-state index in [1.54, 1.807) is 13.0 Å². The summed E-state index contributed by atoms with van der Waals surface area (Å²) >= 11 is 0. The van der Waals surface area contributed by atoms with E-state index in [-0.39, 0.29) is 12.1 Å². The topological polar surface area (TPSA) is 47.6 Å². The fourth-order valence-corrected chi connectivity index (χ4v) is 1.75. The predicted octanol–water partition coefficient (Wildman–Crippen LogP) is 1.92. The molecule has 1 aliphatic rings. The molecule has 1 aromatic carbocycles. The normalized spacial score (nSPS) is 19.2. The van der Waals surface area contributed by atoms with Crippen molar-refractivity contribution in [2.75, 3.05) is 13.7 Å². The van der Waals surface area contributed by atoms with Crippen molar-refractivity contribution in [3.05, 3.63) is 29.1 Å². The fraction of sp³-hybridized carbons (Fsp3) is 0.364. The standard InChI is InChI=1S/C11H12FNO3/c1-6-3-7(12)10(8(4-6)15-2)9-5-13-11(14)16-9/h3-4,9H,5H2,1-2H3,(H,13,14). The number of rotatable bonds is 2. The second-order valence-corrected chi connectivity index (χ2v) is 3.64. The Balaban J connectivity index is 2.42. The maximum atomic E-state index is 13.8. The number of hydrogen-bond acceptors (Lipinski definition) is 3. The number of aryl methyl sites for hydroxylation is 1. The van der Waals surface area contributed by atoms with Crippen LogP contribution in [0.5, 0.6) is 5.75 Å². The van der Waals surface area contributed by atoms with E-state index in [4.69, 9.17) is 9.47 Å². The molecule has 1 aliphatic heterocycles. The van der Waals surface area contributed by atoms with E-state index in [0.717, 1.165) is 5.56 Å². The number of carbonyl (C=O) groups excluding carboxylic acids is 1. The molecule has 0 radical (unpaired) electrons. The highest BCUT2D eigenvalue weighted by Gasteiger charge is 2.29. The lowest BCUT2D eigenvalue weighted by atomic mass is 10.1. The Morgan fingerprint density at radius 3 is 2.88 bits per heavy atom. The third-order valence-electron chi connectivity index (χ3n) is 2.46. The van der Waals surface area contributed by atoms with Crippen LogP contribution in [0.1, 0.15) is 17.2 Å². The molecule has 4 nitrogen and oxygen atoms in total. The van der Waals surface area contributed by atoms with Gasteiger partial charge in [0, 0.05) is 0 Å². The van der Waals surface area contributed by atoms with Crippen molar-refractivity contribution in [1.29, 1.82) is 0 Å². The third-order valence-corrected chi connectivity index (χ3v) is 2.46. The van der Waals surface area contributed by atoms with Crippen LogP contribution < -0.4 is 10.1 Å². The second-order valence-electron chi connectivity index (χ2n) is 3.64. The third kappa shape index (κ3) is 1.80. The summed E-state index contributed by atoms with van der Waals surface area (Å²) in [6.45, 7) is 2.03. The summed E-state index contributed by atoms with van der Waals surface area (Å²) < 4.78 is 23.8. The van der Waals surface area contributed by atoms with Crippen LogP contribution in [0.2, 0.25) is 0 Å². The van der Waals surface area contributed by atoms with Crippen molar-refractivity contribution in [1.82, 2.24) is 5.32 Å². The number of halogens is 1. The first kappa shape index (κ1) is 10.7. The summed E-state index contributed by atoms with van der Waals surface area (Å²) in [5.41, 5.74) is 1.04. The summed E-state index contributed by atoms with van der Waals surface area (Å²) in [4.78, 5) is 10.9. The van der Waals surface area contributed by atoms with Gasteiger partial charge in [0.2, 0.25) is 0 Å². The molecule has 1 N–H and O–H groups in total. The highest BCUT2D eigenvalue weighted by atomic mass is 19.1. The predicted molar refractivity (Wildman–Crippen MR) is 54.9 cm³/mol. The van der Waals surface area contributed by atoms with Crippen LogP contribution in [0.3, 0.4) is 0 Å². The van der Waals surface area contributed by atoms with Crippen molar-refractivity contribution in [3.8, 4) is 5.75 Å². The summed E-state index contributed by atoms with van der Waals surface area (Å²) in [6.07, 6.45) is -1.16. The minimum absolute atomic E-state index is 0.259. The Morgan fingerprint density at radius 2 is 2.31 bits per heavy atom.